The molecule has 1 heterocycles. The van der Waals surface area contributed by atoms with Gasteiger partial charge in [0.2, 0.25) is 0 Å². The monoisotopic (exact) mass is 214 g/mol. The van der Waals surface area contributed by atoms with Crippen molar-refractivity contribution in [3.05, 3.63) is 0 Å². The van der Waals surface area contributed by atoms with E-state index in [4.69, 9.17) is 9.47 Å². The van der Waals surface area contributed by atoms with Gasteiger partial charge in [-0.25, -0.2) is 0 Å². The minimum Gasteiger partial charge on any atom is -0.469 e. The molecule has 3 heteroatoms. The quantitative estimate of drug-likeness (QED) is 0.677. The van der Waals surface area contributed by atoms with Gasteiger partial charge in [-0.2, -0.15) is 0 Å². The molecule has 0 aromatic carbocycles. The first kappa shape index (κ1) is 12.5. The van der Waals surface area contributed by atoms with Crippen molar-refractivity contribution in [3.63, 3.8) is 0 Å². The van der Waals surface area contributed by atoms with E-state index in [1.54, 1.807) is 0 Å². The van der Waals surface area contributed by atoms with Crippen LogP contribution in [-0.2, 0) is 14.3 Å². The molecule has 88 valence electrons. The molecule has 1 aliphatic heterocycles. The Labute approximate surface area is 92.1 Å². The van der Waals surface area contributed by atoms with Gasteiger partial charge in [0.1, 0.15) is 0 Å². The summed E-state index contributed by atoms with van der Waals surface area (Å²) in [7, 11) is 1.44. The third-order valence-corrected chi connectivity index (χ3v) is 3.01. The summed E-state index contributed by atoms with van der Waals surface area (Å²) in [5.74, 6) is 0.445. The van der Waals surface area contributed by atoms with Gasteiger partial charge in [0.15, 0.2) is 0 Å². The van der Waals surface area contributed by atoms with Crippen LogP contribution in [0.15, 0.2) is 0 Å². The van der Waals surface area contributed by atoms with Crippen molar-refractivity contribution in [2.24, 2.45) is 11.8 Å². The molecule has 0 amide bonds. The van der Waals surface area contributed by atoms with Gasteiger partial charge in [-0.1, -0.05) is 13.8 Å². The van der Waals surface area contributed by atoms with Crippen LogP contribution in [0, 0.1) is 11.8 Å². The number of methoxy groups -OCH3 is 1. The number of carbonyl (C=O) groups is 1. The molecular weight excluding hydrogens is 192 g/mol. The van der Waals surface area contributed by atoms with Crippen molar-refractivity contribution in [3.8, 4) is 0 Å². The van der Waals surface area contributed by atoms with Gasteiger partial charge in [-0.15, -0.1) is 0 Å². The van der Waals surface area contributed by atoms with E-state index >= 15 is 0 Å². The summed E-state index contributed by atoms with van der Waals surface area (Å²) in [5, 5.41) is 0. The third kappa shape index (κ3) is 3.49. The molecule has 1 aliphatic rings. The average molecular weight is 214 g/mol. The summed E-state index contributed by atoms with van der Waals surface area (Å²) < 4.78 is 10.6. The first-order chi connectivity index (χ1) is 7.04. The summed E-state index contributed by atoms with van der Waals surface area (Å²) in [5.41, 5.74) is 0. The van der Waals surface area contributed by atoms with E-state index in [1.807, 2.05) is 6.92 Å². The highest BCUT2D eigenvalue weighted by Gasteiger charge is 2.33. The highest BCUT2D eigenvalue weighted by molar-refractivity contribution is 5.73. The Morgan fingerprint density at radius 3 is 2.60 bits per heavy atom. The summed E-state index contributed by atoms with van der Waals surface area (Å²) >= 11 is 0. The highest BCUT2D eigenvalue weighted by atomic mass is 16.5. The smallest absolute Gasteiger partial charge is 0.311 e. The van der Waals surface area contributed by atoms with E-state index in [1.165, 1.54) is 7.11 Å². The standard InChI is InChI=1S/C12H22O3/c1-8(2)7-10-5-6-11(9(3)15-10)12(13)14-4/h8-11H,5-7H2,1-4H3/t9-,10?,11+/m1/s1. The van der Waals surface area contributed by atoms with Crippen LogP contribution in [0.3, 0.4) is 0 Å². The number of carbonyl (C=O) groups excluding carboxylic acids is 1. The molecule has 1 saturated heterocycles. The fourth-order valence-corrected chi connectivity index (χ4v) is 2.23. The number of hydrogen-bond donors (Lipinski definition) is 0. The fraction of sp³-hybridized carbons (Fsp3) is 0.917. The van der Waals surface area contributed by atoms with Gasteiger partial charge in [-0.05, 0) is 32.1 Å². The lowest BCUT2D eigenvalue weighted by Crippen LogP contribution is -2.38. The van der Waals surface area contributed by atoms with Crippen LogP contribution in [0.4, 0.5) is 0 Å². The molecule has 0 aromatic heterocycles. The molecule has 0 aromatic rings. The van der Waals surface area contributed by atoms with E-state index in [9.17, 15) is 4.79 Å². The topological polar surface area (TPSA) is 35.5 Å². The van der Waals surface area contributed by atoms with E-state index in [0.29, 0.717) is 12.0 Å². The zero-order valence-corrected chi connectivity index (χ0v) is 10.2. The van der Waals surface area contributed by atoms with Crippen molar-refractivity contribution in [2.75, 3.05) is 7.11 Å². The Bertz CT molecular complexity index is 213. The molecule has 0 spiro atoms. The van der Waals surface area contributed by atoms with Crippen LogP contribution in [-0.4, -0.2) is 25.3 Å². The molecule has 0 saturated carbocycles. The Hall–Kier alpha value is -0.570. The Morgan fingerprint density at radius 1 is 1.47 bits per heavy atom. The molecule has 1 fully saturated rings. The van der Waals surface area contributed by atoms with Crippen LogP contribution in [0.5, 0.6) is 0 Å². The molecule has 1 rings (SSSR count). The van der Waals surface area contributed by atoms with Crippen molar-refractivity contribution in [2.45, 2.75) is 52.2 Å². The van der Waals surface area contributed by atoms with Crippen molar-refractivity contribution in [1.29, 1.82) is 0 Å². The Morgan fingerprint density at radius 2 is 2.13 bits per heavy atom. The lowest BCUT2D eigenvalue weighted by Gasteiger charge is -2.33. The minimum absolute atomic E-state index is 0.00468. The Balaban J connectivity index is 2.44. The molecule has 0 bridgehead atoms. The average Bonchev–Trinajstić information content (AvgIpc) is 2.16. The largest absolute Gasteiger partial charge is 0.469 e. The van der Waals surface area contributed by atoms with Gasteiger partial charge >= 0.3 is 5.97 Å². The lowest BCUT2D eigenvalue weighted by molar-refractivity contribution is -0.159. The summed E-state index contributed by atoms with van der Waals surface area (Å²) in [6.07, 6.45) is 3.27. The molecule has 0 radical (unpaired) electrons. The summed E-state index contributed by atoms with van der Waals surface area (Å²) in [6.45, 7) is 6.36. The molecule has 1 unspecified atom stereocenters. The minimum atomic E-state index is -0.134. The number of esters is 1. The first-order valence-electron chi connectivity index (χ1n) is 5.77. The molecule has 3 atom stereocenters. The van der Waals surface area contributed by atoms with Crippen LogP contribution < -0.4 is 0 Å². The Kier molecular flexibility index (Phi) is 4.58. The molecule has 0 aliphatic carbocycles. The molecule has 0 N–H and O–H groups in total. The predicted molar refractivity (Wildman–Crippen MR) is 58.5 cm³/mol. The van der Waals surface area contributed by atoms with E-state index in [0.717, 1.165) is 19.3 Å². The normalized spacial score (nSPS) is 31.7. The van der Waals surface area contributed by atoms with Gasteiger partial charge in [0, 0.05) is 0 Å². The zero-order valence-electron chi connectivity index (χ0n) is 10.2. The van der Waals surface area contributed by atoms with Crippen LogP contribution in [0.1, 0.15) is 40.0 Å². The number of hydrogen-bond acceptors (Lipinski definition) is 3. The zero-order chi connectivity index (χ0) is 11.4. The van der Waals surface area contributed by atoms with E-state index in [2.05, 4.69) is 13.8 Å². The van der Waals surface area contributed by atoms with Gasteiger partial charge in [0.05, 0.1) is 25.2 Å². The molecule has 15 heavy (non-hydrogen) atoms. The second kappa shape index (κ2) is 5.50. The SMILES string of the molecule is COC(=O)[C@H]1CCC(CC(C)C)O[C@@H]1C. The van der Waals surface area contributed by atoms with Gasteiger partial charge in [0.25, 0.3) is 0 Å². The number of rotatable bonds is 3. The number of ether oxygens (including phenoxy) is 2. The van der Waals surface area contributed by atoms with Gasteiger partial charge in [-0.3, -0.25) is 4.79 Å². The third-order valence-electron chi connectivity index (χ3n) is 3.01. The van der Waals surface area contributed by atoms with Crippen LogP contribution in [0.25, 0.3) is 0 Å². The van der Waals surface area contributed by atoms with Crippen molar-refractivity contribution < 1.29 is 14.3 Å². The van der Waals surface area contributed by atoms with Gasteiger partial charge < -0.3 is 9.47 Å². The predicted octanol–water partition coefficient (Wildman–Crippen LogP) is 2.39. The lowest BCUT2D eigenvalue weighted by atomic mass is 9.90. The summed E-state index contributed by atoms with van der Waals surface area (Å²) in [4.78, 5) is 11.4. The second-order valence-electron chi connectivity index (χ2n) is 4.80. The second-order valence-corrected chi connectivity index (χ2v) is 4.80. The molecule has 3 nitrogen and oxygen atoms in total. The maximum atomic E-state index is 11.4. The van der Waals surface area contributed by atoms with E-state index in [-0.39, 0.29) is 18.0 Å². The maximum Gasteiger partial charge on any atom is 0.311 e. The van der Waals surface area contributed by atoms with Crippen LogP contribution >= 0.6 is 0 Å². The van der Waals surface area contributed by atoms with Crippen molar-refractivity contribution >= 4 is 5.97 Å². The highest BCUT2D eigenvalue weighted by Crippen LogP contribution is 2.28. The van der Waals surface area contributed by atoms with E-state index < -0.39 is 0 Å². The fourth-order valence-electron chi connectivity index (χ4n) is 2.23. The maximum absolute atomic E-state index is 11.4. The molecular formula is C12H22O3. The summed E-state index contributed by atoms with van der Waals surface area (Å²) in [6, 6.07) is 0. The van der Waals surface area contributed by atoms with Crippen molar-refractivity contribution in [1.82, 2.24) is 0 Å². The first-order valence-corrected chi connectivity index (χ1v) is 5.77. The van der Waals surface area contributed by atoms with Crippen LogP contribution in [0.2, 0.25) is 0 Å².